The summed E-state index contributed by atoms with van der Waals surface area (Å²) in [4.78, 5) is 23.5. The molecule has 126 valence electrons. The number of amides is 1. The Morgan fingerprint density at radius 1 is 1.28 bits per heavy atom. The van der Waals surface area contributed by atoms with Crippen molar-refractivity contribution in [3.05, 3.63) is 70.3 Å². The minimum absolute atomic E-state index is 0.235. The maximum Gasteiger partial charge on any atom is 0.331 e. The summed E-state index contributed by atoms with van der Waals surface area (Å²) in [6.45, 7) is 1.51. The van der Waals surface area contributed by atoms with Gasteiger partial charge in [-0.15, -0.1) is 0 Å². The van der Waals surface area contributed by atoms with Crippen molar-refractivity contribution in [2.24, 2.45) is 0 Å². The second-order valence-electron chi connectivity index (χ2n) is 5.15. The normalized spacial score (nSPS) is 10.3. The number of rotatable bonds is 5. The van der Waals surface area contributed by atoms with Gasteiger partial charge in [-0.05, 0) is 42.3 Å². The molecule has 0 fully saturated rings. The molecule has 1 amide bonds. The summed E-state index contributed by atoms with van der Waals surface area (Å²) in [5.41, 5.74) is 2.66. The van der Waals surface area contributed by atoms with Gasteiger partial charge in [0.15, 0.2) is 6.61 Å². The number of halogens is 1. The first kappa shape index (κ1) is 18.2. The summed E-state index contributed by atoms with van der Waals surface area (Å²) >= 11 is 5.88. The first-order valence-electron chi connectivity index (χ1n) is 7.39. The molecule has 0 aliphatic heterocycles. The van der Waals surface area contributed by atoms with Gasteiger partial charge < -0.3 is 10.1 Å². The van der Waals surface area contributed by atoms with E-state index in [1.165, 1.54) is 18.2 Å². The fourth-order valence-electron chi connectivity index (χ4n) is 2.00. The summed E-state index contributed by atoms with van der Waals surface area (Å²) in [7, 11) is 0. The Bertz CT molecular complexity index is 869. The minimum Gasteiger partial charge on any atom is -0.452 e. The molecule has 1 N–H and O–H groups in total. The lowest BCUT2D eigenvalue weighted by atomic mass is 10.1. The molecule has 25 heavy (non-hydrogen) atoms. The molecule has 0 spiro atoms. The third kappa shape index (κ3) is 5.48. The predicted octanol–water partition coefficient (Wildman–Crippen LogP) is 3.72. The van der Waals surface area contributed by atoms with Gasteiger partial charge in [-0.25, -0.2) is 4.79 Å². The summed E-state index contributed by atoms with van der Waals surface area (Å²) < 4.78 is 4.89. The molecule has 0 saturated carbocycles. The molecular formula is C19H15ClN2O3. The Hall–Kier alpha value is -3.10. The SMILES string of the molecule is Cc1ccccc1/C=C/C(=O)OCC(=O)Nc1ccc(C#N)c(Cl)c1. The van der Waals surface area contributed by atoms with E-state index in [4.69, 9.17) is 21.6 Å². The van der Waals surface area contributed by atoms with Crippen molar-refractivity contribution in [2.75, 3.05) is 11.9 Å². The molecular weight excluding hydrogens is 340 g/mol. The van der Waals surface area contributed by atoms with Crippen LogP contribution in [0, 0.1) is 18.3 Å². The molecule has 2 rings (SSSR count). The van der Waals surface area contributed by atoms with Gasteiger partial charge in [0.1, 0.15) is 6.07 Å². The maximum atomic E-state index is 11.8. The summed E-state index contributed by atoms with van der Waals surface area (Å²) in [5.74, 6) is -1.12. The van der Waals surface area contributed by atoms with E-state index in [2.05, 4.69) is 5.32 Å². The van der Waals surface area contributed by atoms with Crippen LogP contribution in [-0.2, 0) is 14.3 Å². The predicted molar refractivity (Wildman–Crippen MR) is 96.0 cm³/mol. The van der Waals surface area contributed by atoms with Gasteiger partial charge in [0, 0.05) is 11.8 Å². The van der Waals surface area contributed by atoms with Gasteiger partial charge in [-0.2, -0.15) is 5.26 Å². The second-order valence-corrected chi connectivity index (χ2v) is 5.56. The number of aryl methyl sites for hydroxylation is 1. The number of carbonyl (C=O) groups excluding carboxylic acids is 2. The largest absolute Gasteiger partial charge is 0.452 e. The van der Waals surface area contributed by atoms with Crippen LogP contribution >= 0.6 is 11.6 Å². The van der Waals surface area contributed by atoms with Crippen LogP contribution in [0.15, 0.2) is 48.5 Å². The monoisotopic (exact) mass is 354 g/mol. The number of carbonyl (C=O) groups is 2. The lowest BCUT2D eigenvalue weighted by Crippen LogP contribution is -2.20. The zero-order chi connectivity index (χ0) is 18.2. The average Bonchev–Trinajstić information content (AvgIpc) is 2.59. The summed E-state index contributed by atoms with van der Waals surface area (Å²) in [6, 6.07) is 14.0. The number of nitriles is 1. The topological polar surface area (TPSA) is 79.2 Å². The Balaban J connectivity index is 1.85. The van der Waals surface area contributed by atoms with E-state index in [9.17, 15) is 9.59 Å². The number of benzene rings is 2. The van der Waals surface area contributed by atoms with E-state index >= 15 is 0 Å². The van der Waals surface area contributed by atoms with Gasteiger partial charge in [0.05, 0.1) is 10.6 Å². The van der Waals surface area contributed by atoms with Crippen molar-refractivity contribution < 1.29 is 14.3 Å². The standard InChI is InChI=1S/C19H15ClN2O3/c1-13-4-2-3-5-14(13)7-9-19(24)25-12-18(23)22-16-8-6-15(11-21)17(20)10-16/h2-10H,12H2,1H3,(H,22,23)/b9-7+. The highest BCUT2D eigenvalue weighted by Crippen LogP contribution is 2.20. The third-order valence-electron chi connectivity index (χ3n) is 3.31. The number of nitrogens with one attached hydrogen (secondary N) is 1. The number of ether oxygens (including phenoxy) is 1. The highest BCUT2D eigenvalue weighted by atomic mass is 35.5. The average molecular weight is 355 g/mol. The zero-order valence-corrected chi connectivity index (χ0v) is 14.2. The van der Waals surface area contributed by atoms with Crippen LogP contribution in [-0.4, -0.2) is 18.5 Å². The van der Waals surface area contributed by atoms with E-state index in [1.54, 1.807) is 12.1 Å². The lowest BCUT2D eigenvalue weighted by Gasteiger charge is -2.06. The van der Waals surface area contributed by atoms with E-state index in [1.807, 2.05) is 37.3 Å². The Kier molecular flexibility index (Phi) is 6.33. The van der Waals surface area contributed by atoms with Crippen molar-refractivity contribution in [1.29, 1.82) is 5.26 Å². The van der Waals surface area contributed by atoms with Crippen LogP contribution in [0.5, 0.6) is 0 Å². The van der Waals surface area contributed by atoms with Gasteiger partial charge in [-0.1, -0.05) is 35.9 Å². The van der Waals surface area contributed by atoms with Gasteiger partial charge >= 0.3 is 5.97 Å². The van der Waals surface area contributed by atoms with Crippen molar-refractivity contribution in [2.45, 2.75) is 6.92 Å². The quantitative estimate of drug-likeness (QED) is 0.655. The van der Waals surface area contributed by atoms with Crippen molar-refractivity contribution in [3.8, 4) is 6.07 Å². The molecule has 0 unspecified atom stereocenters. The Labute approximate surface area is 150 Å². The number of esters is 1. The molecule has 5 nitrogen and oxygen atoms in total. The van der Waals surface area contributed by atoms with Crippen LogP contribution in [0.1, 0.15) is 16.7 Å². The molecule has 0 heterocycles. The number of nitrogens with zero attached hydrogens (tertiary/aromatic N) is 1. The smallest absolute Gasteiger partial charge is 0.331 e. The summed E-state index contributed by atoms with van der Waals surface area (Å²) in [6.07, 6.45) is 2.91. The number of anilines is 1. The van der Waals surface area contributed by atoms with Gasteiger partial charge in [0.25, 0.3) is 5.91 Å². The molecule has 0 atom stereocenters. The molecule has 0 aliphatic rings. The van der Waals surface area contributed by atoms with Crippen LogP contribution in [0.4, 0.5) is 5.69 Å². The lowest BCUT2D eigenvalue weighted by molar-refractivity contribution is -0.142. The van der Waals surface area contributed by atoms with Crippen LogP contribution in [0.25, 0.3) is 6.08 Å². The molecule has 2 aromatic carbocycles. The fourth-order valence-corrected chi connectivity index (χ4v) is 2.22. The first-order chi connectivity index (χ1) is 12.0. The molecule has 0 radical (unpaired) electrons. The van der Waals surface area contributed by atoms with E-state index < -0.39 is 18.5 Å². The van der Waals surface area contributed by atoms with Crippen LogP contribution in [0.2, 0.25) is 5.02 Å². The van der Waals surface area contributed by atoms with Crippen LogP contribution in [0.3, 0.4) is 0 Å². The maximum absolute atomic E-state index is 11.8. The van der Waals surface area contributed by atoms with Crippen molar-refractivity contribution in [1.82, 2.24) is 0 Å². The van der Waals surface area contributed by atoms with Crippen molar-refractivity contribution in [3.63, 3.8) is 0 Å². The van der Waals surface area contributed by atoms with Gasteiger partial charge in [0.2, 0.25) is 0 Å². The third-order valence-corrected chi connectivity index (χ3v) is 3.62. The van der Waals surface area contributed by atoms with E-state index in [-0.39, 0.29) is 5.02 Å². The molecule has 0 aliphatic carbocycles. The van der Waals surface area contributed by atoms with Crippen LogP contribution < -0.4 is 5.32 Å². The number of hydrogen-bond donors (Lipinski definition) is 1. The molecule has 6 heteroatoms. The summed E-state index contributed by atoms with van der Waals surface area (Å²) in [5, 5.41) is 11.6. The van der Waals surface area contributed by atoms with Gasteiger partial charge in [-0.3, -0.25) is 4.79 Å². The molecule has 2 aromatic rings. The van der Waals surface area contributed by atoms with E-state index in [0.29, 0.717) is 11.3 Å². The second kappa shape index (κ2) is 8.67. The number of hydrogen-bond acceptors (Lipinski definition) is 4. The molecule has 0 bridgehead atoms. The Morgan fingerprint density at radius 2 is 2.04 bits per heavy atom. The fraction of sp³-hybridized carbons (Fsp3) is 0.105. The highest BCUT2D eigenvalue weighted by molar-refractivity contribution is 6.32. The zero-order valence-electron chi connectivity index (χ0n) is 13.5. The van der Waals surface area contributed by atoms with Crippen molar-refractivity contribution >= 4 is 35.2 Å². The minimum atomic E-state index is -0.615. The molecule has 0 saturated heterocycles. The Morgan fingerprint density at radius 3 is 2.72 bits per heavy atom. The first-order valence-corrected chi connectivity index (χ1v) is 7.77. The molecule has 0 aromatic heterocycles. The van der Waals surface area contributed by atoms with E-state index in [0.717, 1.165) is 11.1 Å². The highest BCUT2D eigenvalue weighted by Gasteiger charge is 2.07.